The van der Waals surface area contributed by atoms with Gasteiger partial charge in [0.1, 0.15) is 5.75 Å². The van der Waals surface area contributed by atoms with Gasteiger partial charge in [-0.1, -0.05) is 35.9 Å². The lowest BCUT2D eigenvalue weighted by Gasteiger charge is -2.16. The zero-order valence-corrected chi connectivity index (χ0v) is 15.7. The molecular weight excluding hydrogens is 402 g/mol. The number of nitrogens with one attached hydrogen (secondary N) is 2. The Hall–Kier alpha value is -2.23. The van der Waals surface area contributed by atoms with Gasteiger partial charge < -0.3 is 10.1 Å². The van der Waals surface area contributed by atoms with Crippen LogP contribution in [0, 0.1) is 0 Å². The maximum atomic E-state index is 12.4. The van der Waals surface area contributed by atoms with Crippen LogP contribution in [-0.2, 0) is 21.4 Å². The highest BCUT2D eigenvalue weighted by Crippen LogP contribution is 2.20. The topological polar surface area (TPSA) is 84.5 Å². The largest absolute Gasteiger partial charge is 0.434 e. The minimum atomic E-state index is -3.95. The number of amides is 1. The summed E-state index contributed by atoms with van der Waals surface area (Å²) in [6.07, 6.45) is 0. The van der Waals surface area contributed by atoms with Crippen molar-refractivity contribution in [3.05, 3.63) is 59.1 Å². The van der Waals surface area contributed by atoms with E-state index in [1.54, 1.807) is 6.07 Å². The van der Waals surface area contributed by atoms with Gasteiger partial charge in [-0.15, -0.1) is 0 Å². The number of hydrogen-bond donors (Lipinski definition) is 2. The average molecular weight is 419 g/mol. The summed E-state index contributed by atoms with van der Waals surface area (Å²) in [6.45, 7) is -1.74. The van der Waals surface area contributed by atoms with Gasteiger partial charge in [0.15, 0.2) is 0 Å². The van der Waals surface area contributed by atoms with Gasteiger partial charge in [0.2, 0.25) is 15.9 Å². The predicted octanol–water partition coefficient (Wildman–Crippen LogP) is 2.92. The third kappa shape index (κ3) is 6.16. The van der Waals surface area contributed by atoms with Crippen molar-refractivity contribution in [3.63, 3.8) is 0 Å². The maximum Gasteiger partial charge on any atom is 0.387 e. The lowest BCUT2D eigenvalue weighted by Crippen LogP contribution is -2.44. The Morgan fingerprint density at radius 2 is 1.89 bits per heavy atom. The summed E-state index contributed by atoms with van der Waals surface area (Å²) in [7, 11) is -3.95. The quantitative estimate of drug-likeness (QED) is 0.690. The van der Waals surface area contributed by atoms with Crippen molar-refractivity contribution in [2.75, 3.05) is 0 Å². The van der Waals surface area contributed by atoms with Gasteiger partial charge >= 0.3 is 6.61 Å². The summed E-state index contributed by atoms with van der Waals surface area (Å²) in [5, 5.41) is 2.72. The van der Waals surface area contributed by atoms with Crippen LogP contribution >= 0.6 is 11.6 Å². The standard InChI is InChI=1S/C17H17ClF2N2O4S/c1-11(22-27(24,25)14-7-4-6-13(18)9-14)16(23)21-10-12-5-2-3-8-15(12)26-17(19)20/h2-9,11,17,22H,10H2,1H3,(H,21,23)/t11-/m1/s1. The number of sulfonamides is 1. The van der Waals surface area contributed by atoms with E-state index in [1.807, 2.05) is 0 Å². The van der Waals surface area contributed by atoms with Crippen molar-refractivity contribution in [3.8, 4) is 5.75 Å². The number of benzene rings is 2. The van der Waals surface area contributed by atoms with Crippen molar-refractivity contribution in [1.82, 2.24) is 10.0 Å². The highest BCUT2D eigenvalue weighted by molar-refractivity contribution is 7.89. The second kappa shape index (κ2) is 9.12. The van der Waals surface area contributed by atoms with E-state index in [2.05, 4.69) is 14.8 Å². The molecule has 2 aromatic carbocycles. The minimum absolute atomic E-state index is 0.0695. The molecule has 0 heterocycles. The summed E-state index contributed by atoms with van der Waals surface area (Å²) in [4.78, 5) is 12.1. The first-order chi connectivity index (χ1) is 12.7. The molecule has 1 amide bonds. The molecule has 0 aromatic heterocycles. The number of carbonyl (C=O) groups excluding carboxylic acids is 1. The number of para-hydroxylation sites is 1. The fourth-order valence-corrected chi connectivity index (χ4v) is 3.69. The third-order valence-electron chi connectivity index (χ3n) is 3.47. The molecule has 0 aliphatic rings. The van der Waals surface area contributed by atoms with Crippen LogP contribution in [0.2, 0.25) is 5.02 Å². The highest BCUT2D eigenvalue weighted by Gasteiger charge is 2.22. The van der Waals surface area contributed by atoms with E-state index in [9.17, 15) is 22.0 Å². The lowest BCUT2D eigenvalue weighted by atomic mass is 10.2. The van der Waals surface area contributed by atoms with Crippen LogP contribution in [0.1, 0.15) is 12.5 Å². The van der Waals surface area contributed by atoms with Crippen molar-refractivity contribution < 1.29 is 26.7 Å². The van der Waals surface area contributed by atoms with Crippen LogP contribution in [0.15, 0.2) is 53.4 Å². The Kier molecular flexibility index (Phi) is 7.11. The highest BCUT2D eigenvalue weighted by atomic mass is 35.5. The molecule has 2 N–H and O–H groups in total. The van der Waals surface area contributed by atoms with Gasteiger partial charge in [0.25, 0.3) is 0 Å². The van der Waals surface area contributed by atoms with Gasteiger partial charge in [-0.25, -0.2) is 8.42 Å². The van der Waals surface area contributed by atoms with Gasteiger partial charge in [0.05, 0.1) is 10.9 Å². The molecule has 0 radical (unpaired) electrons. The molecule has 0 saturated carbocycles. The van der Waals surface area contributed by atoms with E-state index in [0.29, 0.717) is 5.56 Å². The van der Waals surface area contributed by atoms with E-state index in [1.165, 1.54) is 49.4 Å². The Morgan fingerprint density at radius 1 is 1.19 bits per heavy atom. The molecule has 1 atom stereocenters. The van der Waals surface area contributed by atoms with Crippen molar-refractivity contribution in [2.24, 2.45) is 0 Å². The molecule has 0 aliphatic carbocycles. The van der Waals surface area contributed by atoms with E-state index >= 15 is 0 Å². The molecule has 0 saturated heterocycles. The predicted molar refractivity (Wildman–Crippen MR) is 96.2 cm³/mol. The van der Waals surface area contributed by atoms with Crippen molar-refractivity contribution >= 4 is 27.5 Å². The summed E-state index contributed by atoms with van der Waals surface area (Å²) in [5.41, 5.74) is 0.330. The zero-order valence-electron chi connectivity index (χ0n) is 14.2. The molecular formula is C17H17ClF2N2O4S. The van der Waals surface area contributed by atoms with E-state index in [-0.39, 0.29) is 22.2 Å². The van der Waals surface area contributed by atoms with Crippen LogP contribution in [0.5, 0.6) is 5.75 Å². The number of hydrogen-bond acceptors (Lipinski definition) is 4. The van der Waals surface area contributed by atoms with Crippen LogP contribution in [-0.4, -0.2) is 27.0 Å². The van der Waals surface area contributed by atoms with Gasteiger partial charge in [-0.2, -0.15) is 13.5 Å². The van der Waals surface area contributed by atoms with Gasteiger partial charge in [-0.05, 0) is 31.2 Å². The number of alkyl halides is 2. The van der Waals surface area contributed by atoms with Crippen molar-refractivity contribution in [1.29, 1.82) is 0 Å². The Labute approximate surface area is 160 Å². The smallest absolute Gasteiger partial charge is 0.387 e. The molecule has 2 rings (SSSR count). The molecule has 27 heavy (non-hydrogen) atoms. The Morgan fingerprint density at radius 3 is 2.56 bits per heavy atom. The molecule has 0 fully saturated rings. The lowest BCUT2D eigenvalue weighted by molar-refractivity contribution is -0.122. The molecule has 0 aliphatic heterocycles. The molecule has 0 spiro atoms. The van der Waals surface area contributed by atoms with E-state index < -0.39 is 28.6 Å². The fraction of sp³-hybridized carbons (Fsp3) is 0.235. The molecule has 6 nitrogen and oxygen atoms in total. The molecule has 2 aromatic rings. The van der Waals surface area contributed by atoms with E-state index in [4.69, 9.17) is 11.6 Å². The second-order valence-electron chi connectivity index (χ2n) is 5.50. The van der Waals surface area contributed by atoms with Crippen LogP contribution in [0.3, 0.4) is 0 Å². The number of rotatable bonds is 8. The first-order valence-corrected chi connectivity index (χ1v) is 9.63. The zero-order chi connectivity index (χ0) is 20.0. The Balaban J connectivity index is 2.00. The normalized spacial score (nSPS) is 12.6. The van der Waals surface area contributed by atoms with Crippen LogP contribution in [0.25, 0.3) is 0 Å². The fourth-order valence-electron chi connectivity index (χ4n) is 2.18. The summed E-state index contributed by atoms with van der Waals surface area (Å²) >= 11 is 5.78. The molecule has 146 valence electrons. The van der Waals surface area contributed by atoms with Crippen molar-refractivity contribution in [2.45, 2.75) is 31.0 Å². The number of carbonyl (C=O) groups is 1. The molecule has 0 unspecified atom stereocenters. The maximum absolute atomic E-state index is 12.4. The third-order valence-corrected chi connectivity index (χ3v) is 5.25. The SMILES string of the molecule is C[C@@H](NS(=O)(=O)c1cccc(Cl)c1)C(=O)NCc1ccccc1OC(F)F. The summed E-state index contributed by atoms with van der Waals surface area (Å²) in [5.74, 6) is -0.701. The molecule has 10 heteroatoms. The minimum Gasteiger partial charge on any atom is -0.434 e. The van der Waals surface area contributed by atoms with E-state index in [0.717, 1.165) is 0 Å². The average Bonchev–Trinajstić information content (AvgIpc) is 2.60. The molecule has 0 bridgehead atoms. The monoisotopic (exact) mass is 418 g/mol. The number of ether oxygens (including phenoxy) is 1. The second-order valence-corrected chi connectivity index (χ2v) is 7.65. The Bertz CT molecular complexity index is 909. The first kappa shape index (κ1) is 21.1. The summed E-state index contributed by atoms with van der Waals surface area (Å²) in [6, 6.07) is 10.5. The van der Waals surface area contributed by atoms with Gasteiger partial charge in [0, 0.05) is 17.1 Å². The first-order valence-electron chi connectivity index (χ1n) is 7.77. The van der Waals surface area contributed by atoms with Gasteiger partial charge in [-0.3, -0.25) is 4.79 Å². The summed E-state index contributed by atoms with van der Waals surface area (Å²) < 4.78 is 56.0. The van der Waals surface area contributed by atoms with Crippen LogP contribution in [0.4, 0.5) is 8.78 Å². The number of halogens is 3. The van der Waals surface area contributed by atoms with Crippen LogP contribution < -0.4 is 14.8 Å².